The highest BCUT2D eigenvalue weighted by atomic mass is 32.2. The number of hydrogen-bond donors (Lipinski definition) is 1. The van der Waals surface area contributed by atoms with Crippen LogP contribution in [0.15, 0.2) is 53.5 Å². The van der Waals surface area contributed by atoms with Crippen LogP contribution in [-0.4, -0.2) is 41.3 Å². The Hall–Kier alpha value is -2.87. The smallest absolute Gasteiger partial charge is 0.233 e. The van der Waals surface area contributed by atoms with Gasteiger partial charge in [0.25, 0.3) is 0 Å². The number of carbonyl (C=O) groups is 2. The normalized spacial score (nSPS) is 18.2. The number of nitrogens with one attached hydrogen (secondary N) is 1. The predicted molar refractivity (Wildman–Crippen MR) is 107 cm³/mol. The summed E-state index contributed by atoms with van der Waals surface area (Å²) in [5, 5.41) is 2.43. The van der Waals surface area contributed by atoms with Crippen LogP contribution >= 0.6 is 11.8 Å². The standard InChI is InChI=1S/C20H20FN3O3S/c1-22-19(26)17-11-18(25)24(12-13-3-9-16(27-2)10-4-13)20(28-17)23-15-7-5-14(21)6-8-15/h3-10,17H,11-12H2,1-2H3,(H,22,26). The van der Waals surface area contributed by atoms with Crippen molar-refractivity contribution in [1.29, 1.82) is 0 Å². The van der Waals surface area contributed by atoms with Gasteiger partial charge in [-0.3, -0.25) is 14.5 Å². The van der Waals surface area contributed by atoms with Crippen LogP contribution in [0.5, 0.6) is 5.75 Å². The van der Waals surface area contributed by atoms with Crippen molar-refractivity contribution < 1.29 is 18.7 Å². The van der Waals surface area contributed by atoms with E-state index in [2.05, 4.69) is 10.3 Å². The van der Waals surface area contributed by atoms with Gasteiger partial charge in [-0.25, -0.2) is 9.38 Å². The molecular formula is C20H20FN3O3S. The largest absolute Gasteiger partial charge is 0.497 e. The summed E-state index contributed by atoms with van der Waals surface area (Å²) >= 11 is 1.23. The number of benzene rings is 2. The monoisotopic (exact) mass is 401 g/mol. The molecule has 28 heavy (non-hydrogen) atoms. The molecule has 0 aliphatic carbocycles. The highest BCUT2D eigenvalue weighted by Gasteiger charge is 2.35. The lowest BCUT2D eigenvalue weighted by Gasteiger charge is -2.31. The Morgan fingerprint density at radius 2 is 1.93 bits per heavy atom. The van der Waals surface area contributed by atoms with E-state index in [4.69, 9.17) is 4.74 Å². The summed E-state index contributed by atoms with van der Waals surface area (Å²) in [6.45, 7) is 0.316. The van der Waals surface area contributed by atoms with E-state index in [0.29, 0.717) is 17.4 Å². The third-order valence-electron chi connectivity index (χ3n) is 4.23. The summed E-state index contributed by atoms with van der Waals surface area (Å²) in [5.74, 6) is -0.0593. The van der Waals surface area contributed by atoms with E-state index in [1.54, 1.807) is 12.0 Å². The van der Waals surface area contributed by atoms with Crippen molar-refractivity contribution in [3.8, 4) is 5.75 Å². The number of nitrogens with zero attached hydrogens (tertiary/aromatic N) is 2. The zero-order chi connectivity index (χ0) is 20.1. The predicted octanol–water partition coefficient (Wildman–Crippen LogP) is 3.10. The van der Waals surface area contributed by atoms with E-state index < -0.39 is 5.25 Å². The quantitative estimate of drug-likeness (QED) is 0.836. The molecule has 1 unspecified atom stereocenters. The zero-order valence-electron chi connectivity index (χ0n) is 15.5. The SMILES string of the molecule is CNC(=O)C1CC(=O)N(Cc2ccc(OC)cc2)C(=Nc2ccc(F)cc2)S1. The molecule has 1 aliphatic heterocycles. The van der Waals surface area contributed by atoms with Crippen LogP contribution in [0.1, 0.15) is 12.0 Å². The molecule has 2 amide bonds. The van der Waals surface area contributed by atoms with E-state index in [0.717, 1.165) is 11.3 Å². The fraction of sp³-hybridized carbons (Fsp3) is 0.250. The summed E-state index contributed by atoms with van der Waals surface area (Å²) < 4.78 is 18.3. The number of amidine groups is 1. The first-order valence-electron chi connectivity index (χ1n) is 8.66. The second kappa shape index (κ2) is 8.88. The molecule has 0 saturated carbocycles. The number of rotatable bonds is 5. The number of halogens is 1. The fourth-order valence-electron chi connectivity index (χ4n) is 2.70. The summed E-state index contributed by atoms with van der Waals surface area (Å²) in [6.07, 6.45) is 0.0862. The summed E-state index contributed by atoms with van der Waals surface area (Å²) in [7, 11) is 3.13. The van der Waals surface area contributed by atoms with Crippen LogP contribution in [0.25, 0.3) is 0 Å². The summed E-state index contributed by atoms with van der Waals surface area (Å²) in [4.78, 5) is 30.9. The molecule has 1 N–H and O–H groups in total. The maximum atomic E-state index is 13.2. The third kappa shape index (κ3) is 4.69. The topological polar surface area (TPSA) is 71.0 Å². The number of thioether (sulfide) groups is 1. The average molecular weight is 401 g/mol. The molecule has 8 heteroatoms. The van der Waals surface area contributed by atoms with Gasteiger partial charge in [0.1, 0.15) is 11.6 Å². The fourth-order valence-corrected chi connectivity index (χ4v) is 3.85. The van der Waals surface area contributed by atoms with Crippen LogP contribution in [0, 0.1) is 5.82 Å². The minimum Gasteiger partial charge on any atom is -0.497 e. The molecule has 1 aliphatic rings. The minimum atomic E-state index is -0.552. The molecule has 1 fully saturated rings. The number of carbonyl (C=O) groups excluding carboxylic acids is 2. The molecular weight excluding hydrogens is 381 g/mol. The summed E-state index contributed by atoms with van der Waals surface area (Å²) in [5.41, 5.74) is 1.41. The molecule has 3 rings (SSSR count). The van der Waals surface area contributed by atoms with Gasteiger partial charge in [-0.2, -0.15) is 0 Å². The number of amides is 2. The minimum absolute atomic E-state index is 0.0862. The molecule has 1 atom stereocenters. The lowest BCUT2D eigenvalue weighted by atomic mass is 10.2. The molecule has 0 aromatic heterocycles. The van der Waals surface area contributed by atoms with E-state index in [9.17, 15) is 14.0 Å². The molecule has 1 heterocycles. The van der Waals surface area contributed by atoms with Crippen molar-refractivity contribution >= 4 is 34.4 Å². The van der Waals surface area contributed by atoms with E-state index >= 15 is 0 Å². The van der Waals surface area contributed by atoms with Gasteiger partial charge < -0.3 is 10.1 Å². The summed E-state index contributed by atoms with van der Waals surface area (Å²) in [6, 6.07) is 13.1. The van der Waals surface area contributed by atoms with Gasteiger partial charge in [-0.05, 0) is 42.0 Å². The number of aliphatic imine (C=N–C) groups is 1. The average Bonchev–Trinajstić information content (AvgIpc) is 2.71. The van der Waals surface area contributed by atoms with Crippen LogP contribution in [0.2, 0.25) is 0 Å². The maximum Gasteiger partial charge on any atom is 0.233 e. The van der Waals surface area contributed by atoms with Crippen molar-refractivity contribution in [3.05, 3.63) is 59.9 Å². The lowest BCUT2D eigenvalue weighted by Crippen LogP contribution is -2.45. The van der Waals surface area contributed by atoms with Gasteiger partial charge in [0.05, 0.1) is 24.6 Å². The Morgan fingerprint density at radius 1 is 1.25 bits per heavy atom. The number of methoxy groups -OCH3 is 1. The van der Waals surface area contributed by atoms with Crippen LogP contribution < -0.4 is 10.1 Å². The molecule has 6 nitrogen and oxygen atoms in total. The Labute approximate surface area is 166 Å². The van der Waals surface area contributed by atoms with Crippen molar-refractivity contribution in [2.75, 3.05) is 14.2 Å². The second-order valence-corrected chi connectivity index (χ2v) is 7.29. The van der Waals surface area contributed by atoms with Crippen LogP contribution in [0.4, 0.5) is 10.1 Å². The third-order valence-corrected chi connectivity index (χ3v) is 5.42. The first kappa shape index (κ1) is 19.9. The molecule has 0 spiro atoms. The Kier molecular flexibility index (Phi) is 6.30. The van der Waals surface area contributed by atoms with Crippen molar-refractivity contribution in [2.45, 2.75) is 18.2 Å². The molecule has 0 radical (unpaired) electrons. The number of ether oxygens (including phenoxy) is 1. The highest BCUT2D eigenvalue weighted by Crippen LogP contribution is 2.30. The molecule has 0 bridgehead atoms. The van der Waals surface area contributed by atoms with Gasteiger partial charge in [0.15, 0.2) is 5.17 Å². The molecule has 2 aromatic rings. The first-order chi connectivity index (χ1) is 13.5. The van der Waals surface area contributed by atoms with Crippen molar-refractivity contribution in [2.24, 2.45) is 4.99 Å². The molecule has 2 aromatic carbocycles. The maximum absolute atomic E-state index is 13.2. The van der Waals surface area contributed by atoms with Gasteiger partial charge in [-0.15, -0.1) is 0 Å². The van der Waals surface area contributed by atoms with E-state index in [1.807, 2.05) is 24.3 Å². The van der Waals surface area contributed by atoms with Gasteiger partial charge in [0, 0.05) is 13.5 Å². The second-order valence-electron chi connectivity index (χ2n) is 6.12. The zero-order valence-corrected chi connectivity index (χ0v) is 16.3. The number of hydrogen-bond acceptors (Lipinski definition) is 5. The van der Waals surface area contributed by atoms with Crippen molar-refractivity contribution in [3.63, 3.8) is 0 Å². The van der Waals surface area contributed by atoms with Crippen molar-refractivity contribution in [1.82, 2.24) is 10.2 Å². The van der Waals surface area contributed by atoms with Crippen LogP contribution in [-0.2, 0) is 16.1 Å². The van der Waals surface area contributed by atoms with Gasteiger partial charge >= 0.3 is 0 Å². The van der Waals surface area contributed by atoms with Crippen LogP contribution in [0.3, 0.4) is 0 Å². The van der Waals surface area contributed by atoms with E-state index in [1.165, 1.54) is 43.1 Å². The van der Waals surface area contributed by atoms with Gasteiger partial charge in [-0.1, -0.05) is 23.9 Å². The molecule has 146 valence electrons. The molecule has 1 saturated heterocycles. The Balaban J connectivity index is 1.90. The lowest BCUT2D eigenvalue weighted by molar-refractivity contribution is -0.130. The van der Waals surface area contributed by atoms with Gasteiger partial charge in [0.2, 0.25) is 11.8 Å². The van der Waals surface area contributed by atoms with E-state index in [-0.39, 0.29) is 24.1 Å². The Bertz CT molecular complexity index is 885. The highest BCUT2D eigenvalue weighted by molar-refractivity contribution is 8.15. The first-order valence-corrected chi connectivity index (χ1v) is 9.54. The Morgan fingerprint density at radius 3 is 2.54 bits per heavy atom.